The molecule has 0 aliphatic carbocycles. The van der Waals surface area contributed by atoms with Crippen LogP contribution in [0.25, 0.3) is 11.1 Å². The van der Waals surface area contributed by atoms with Crippen molar-refractivity contribution in [2.75, 3.05) is 31.1 Å². The lowest BCUT2D eigenvalue weighted by Gasteiger charge is -2.35. The Morgan fingerprint density at radius 2 is 1.80 bits per heavy atom. The maximum absolute atomic E-state index is 14.1. The number of imide groups is 1. The summed E-state index contributed by atoms with van der Waals surface area (Å²) in [6, 6.07) is 11.9. The fourth-order valence-corrected chi connectivity index (χ4v) is 5.99. The first-order valence-electron chi connectivity index (χ1n) is 14.2. The number of nitrogens with zero attached hydrogens (tertiary/aromatic N) is 4. The Labute approximate surface area is 260 Å². The Morgan fingerprint density at radius 1 is 1.02 bits per heavy atom. The van der Waals surface area contributed by atoms with E-state index in [0.717, 1.165) is 6.07 Å². The van der Waals surface area contributed by atoms with Crippen LogP contribution >= 0.6 is 11.6 Å². The van der Waals surface area contributed by atoms with Gasteiger partial charge in [-0.05, 0) is 53.4 Å². The normalized spacial score (nSPS) is 18.6. The quantitative estimate of drug-likeness (QED) is 0.404. The van der Waals surface area contributed by atoms with Crippen LogP contribution < -0.4 is 10.2 Å². The Kier molecular flexibility index (Phi) is 8.12. The van der Waals surface area contributed by atoms with Crippen molar-refractivity contribution in [3.63, 3.8) is 0 Å². The van der Waals surface area contributed by atoms with Crippen LogP contribution in [0.5, 0.6) is 0 Å². The first-order chi connectivity index (χ1) is 21.5. The van der Waals surface area contributed by atoms with Gasteiger partial charge in [-0.3, -0.25) is 19.7 Å². The van der Waals surface area contributed by atoms with Crippen molar-refractivity contribution in [1.29, 1.82) is 0 Å². The van der Waals surface area contributed by atoms with Crippen molar-refractivity contribution < 1.29 is 37.1 Å². The molecule has 1 atom stereocenters. The van der Waals surface area contributed by atoms with E-state index in [4.69, 9.17) is 16.3 Å². The second kappa shape index (κ2) is 12.0. The summed E-state index contributed by atoms with van der Waals surface area (Å²) >= 11 is 6.01. The summed E-state index contributed by atoms with van der Waals surface area (Å²) in [7, 11) is 0. The minimum atomic E-state index is -4.65. The molecule has 14 heteroatoms. The number of rotatable bonds is 5. The van der Waals surface area contributed by atoms with Crippen LogP contribution in [0, 0.1) is 0 Å². The summed E-state index contributed by atoms with van der Waals surface area (Å²) in [5.41, 5.74) is 1.69. The topological polar surface area (TPSA) is 112 Å². The fraction of sp³-hybridized carbons (Fsp3) is 0.323. The maximum atomic E-state index is 14.1. The van der Waals surface area contributed by atoms with Crippen molar-refractivity contribution >= 4 is 41.2 Å². The van der Waals surface area contributed by atoms with E-state index in [2.05, 4.69) is 10.3 Å². The van der Waals surface area contributed by atoms with E-state index in [1.54, 1.807) is 42.5 Å². The molecule has 6 rings (SSSR count). The van der Waals surface area contributed by atoms with Crippen molar-refractivity contribution in [3.05, 3.63) is 82.0 Å². The number of piperazine rings is 1. The van der Waals surface area contributed by atoms with E-state index in [-0.39, 0.29) is 75.4 Å². The zero-order valence-corrected chi connectivity index (χ0v) is 24.5. The molecular formula is C31H27ClF3N5O5. The van der Waals surface area contributed by atoms with Gasteiger partial charge >= 0.3 is 12.3 Å². The zero-order chi connectivity index (χ0) is 31.9. The molecule has 10 nitrogen and oxygen atoms in total. The standard InChI is InChI=1S/C31H27ClF3N5O5/c32-22-3-1-2-19(13-22)20-14-24(31(33,34)35)27(36-15-20)38-8-10-39(11-9-38)30(44)45-17-18-4-5-23-21(12-18)16-40(29(23)43)25-6-7-26(41)37-28(25)42/h1-5,12-15,25H,6-11,16-17H2,(H,37,41,42). The van der Waals surface area contributed by atoms with Gasteiger partial charge in [0.05, 0.1) is 5.56 Å². The highest BCUT2D eigenvalue weighted by Gasteiger charge is 2.40. The molecule has 1 unspecified atom stereocenters. The molecule has 0 radical (unpaired) electrons. The molecule has 3 aromatic rings. The molecule has 2 aromatic carbocycles. The average Bonchev–Trinajstić information content (AvgIpc) is 3.34. The van der Waals surface area contributed by atoms with Crippen molar-refractivity contribution in [2.24, 2.45) is 0 Å². The van der Waals surface area contributed by atoms with Crippen LogP contribution in [0.3, 0.4) is 0 Å². The molecular weight excluding hydrogens is 615 g/mol. The number of nitrogens with one attached hydrogen (secondary N) is 1. The van der Waals surface area contributed by atoms with Crippen molar-refractivity contribution in [2.45, 2.75) is 38.2 Å². The number of carbonyl (C=O) groups excluding carboxylic acids is 4. The first-order valence-corrected chi connectivity index (χ1v) is 14.6. The molecule has 4 heterocycles. The number of carbonyl (C=O) groups is 4. The van der Waals surface area contributed by atoms with E-state index >= 15 is 0 Å². The van der Waals surface area contributed by atoms with E-state index in [0.29, 0.717) is 27.3 Å². The van der Waals surface area contributed by atoms with Gasteiger partial charge < -0.3 is 19.4 Å². The molecule has 1 aromatic heterocycles. The third-order valence-corrected chi connectivity index (χ3v) is 8.35. The molecule has 0 spiro atoms. The highest BCUT2D eigenvalue weighted by molar-refractivity contribution is 6.30. The monoisotopic (exact) mass is 641 g/mol. The number of alkyl halides is 3. The third-order valence-electron chi connectivity index (χ3n) is 8.12. The van der Waals surface area contributed by atoms with E-state index in [1.807, 2.05) is 0 Å². The minimum Gasteiger partial charge on any atom is -0.445 e. The minimum absolute atomic E-state index is 0.0797. The van der Waals surface area contributed by atoms with Gasteiger partial charge in [0, 0.05) is 61.5 Å². The van der Waals surface area contributed by atoms with Crippen LogP contribution in [0.4, 0.5) is 23.8 Å². The van der Waals surface area contributed by atoms with Gasteiger partial charge in [0.25, 0.3) is 5.91 Å². The SMILES string of the molecule is O=C1CCC(N2Cc3cc(COC(=O)N4CCN(c5ncc(-c6cccc(Cl)c6)cc5C(F)(F)F)CC4)ccc3C2=O)C(=O)N1. The number of ether oxygens (including phenoxy) is 1. The number of piperidine rings is 1. The van der Waals surface area contributed by atoms with Crippen LogP contribution in [-0.4, -0.2) is 70.8 Å². The molecule has 1 N–H and O–H groups in total. The van der Waals surface area contributed by atoms with E-state index < -0.39 is 29.8 Å². The Bertz CT molecular complexity index is 1690. The summed E-state index contributed by atoms with van der Waals surface area (Å²) in [5.74, 6) is -1.37. The summed E-state index contributed by atoms with van der Waals surface area (Å²) < 4.78 is 47.7. The second-order valence-corrected chi connectivity index (χ2v) is 11.5. The Balaban J connectivity index is 1.06. The number of fused-ring (bicyclic) bond motifs is 1. The fourth-order valence-electron chi connectivity index (χ4n) is 5.80. The van der Waals surface area contributed by atoms with Gasteiger partial charge in [-0.2, -0.15) is 13.2 Å². The molecule has 0 saturated carbocycles. The van der Waals surface area contributed by atoms with Crippen LogP contribution in [0.1, 0.15) is 39.9 Å². The number of hydrogen-bond acceptors (Lipinski definition) is 7. The highest BCUT2D eigenvalue weighted by atomic mass is 35.5. The lowest BCUT2D eigenvalue weighted by molar-refractivity contribution is -0.138. The average molecular weight is 642 g/mol. The molecule has 3 aliphatic rings. The smallest absolute Gasteiger partial charge is 0.419 e. The van der Waals surface area contributed by atoms with Gasteiger partial charge in [0.2, 0.25) is 11.8 Å². The van der Waals surface area contributed by atoms with Crippen molar-refractivity contribution in [1.82, 2.24) is 20.1 Å². The summed E-state index contributed by atoms with van der Waals surface area (Å²) in [6.45, 7) is 0.625. The van der Waals surface area contributed by atoms with E-state index in [9.17, 15) is 32.3 Å². The summed E-state index contributed by atoms with van der Waals surface area (Å²) in [4.78, 5) is 58.0. The molecule has 45 heavy (non-hydrogen) atoms. The number of benzene rings is 2. The number of pyridine rings is 1. The highest BCUT2D eigenvalue weighted by Crippen LogP contribution is 2.38. The second-order valence-electron chi connectivity index (χ2n) is 11.0. The molecule has 2 fully saturated rings. The van der Waals surface area contributed by atoms with Gasteiger partial charge in [-0.15, -0.1) is 0 Å². The summed E-state index contributed by atoms with van der Waals surface area (Å²) in [5, 5.41) is 2.66. The zero-order valence-electron chi connectivity index (χ0n) is 23.8. The molecule has 234 valence electrons. The Hall–Kier alpha value is -4.65. The summed E-state index contributed by atoms with van der Waals surface area (Å²) in [6.07, 6.45) is -3.47. The van der Waals surface area contributed by atoms with Gasteiger partial charge in [-0.1, -0.05) is 29.8 Å². The Morgan fingerprint density at radius 3 is 2.51 bits per heavy atom. The first kappa shape index (κ1) is 30.4. The predicted molar refractivity (Wildman–Crippen MR) is 156 cm³/mol. The maximum Gasteiger partial charge on any atom is 0.419 e. The van der Waals surface area contributed by atoms with Crippen LogP contribution in [0.15, 0.2) is 54.7 Å². The lowest BCUT2D eigenvalue weighted by Crippen LogP contribution is -2.52. The van der Waals surface area contributed by atoms with Gasteiger partial charge in [0.1, 0.15) is 18.5 Å². The number of anilines is 1. The molecule has 4 amide bonds. The number of aromatic nitrogens is 1. The van der Waals surface area contributed by atoms with Gasteiger partial charge in [0.15, 0.2) is 0 Å². The number of halogens is 4. The van der Waals surface area contributed by atoms with Crippen LogP contribution in [0.2, 0.25) is 5.02 Å². The third kappa shape index (κ3) is 6.30. The van der Waals surface area contributed by atoms with Gasteiger partial charge in [-0.25, -0.2) is 9.78 Å². The predicted octanol–water partition coefficient (Wildman–Crippen LogP) is 4.64. The number of hydrogen-bond donors (Lipinski definition) is 1. The van der Waals surface area contributed by atoms with Crippen molar-refractivity contribution in [3.8, 4) is 11.1 Å². The number of amides is 4. The lowest BCUT2D eigenvalue weighted by atomic mass is 10.0. The largest absolute Gasteiger partial charge is 0.445 e. The molecule has 2 saturated heterocycles. The van der Waals surface area contributed by atoms with E-state index in [1.165, 1.54) is 20.9 Å². The molecule has 3 aliphatic heterocycles. The van der Waals surface area contributed by atoms with Crippen LogP contribution in [-0.2, 0) is 33.7 Å². The molecule has 0 bridgehead atoms.